The average Bonchev–Trinajstić information content (AvgIpc) is 2.93. The van der Waals surface area contributed by atoms with E-state index in [1.54, 1.807) is 11.3 Å². The number of nitrogens with one attached hydrogen (secondary N) is 1. The number of nitrogens with zero attached hydrogens (tertiary/aromatic N) is 1. The number of phenols is 1. The summed E-state index contributed by atoms with van der Waals surface area (Å²) >= 11 is 1.76. The SMILES string of the molecule is Cc1ccc(-c2cc(O)c3c(c2)CN(CC2CCNCC2)CCO3)s1. The molecule has 2 aliphatic rings. The molecule has 0 aliphatic carbocycles. The van der Waals surface area contributed by atoms with Gasteiger partial charge in [0.2, 0.25) is 0 Å². The Bertz CT molecular complexity index is 737. The zero-order valence-corrected chi connectivity index (χ0v) is 15.6. The Balaban J connectivity index is 1.57. The van der Waals surface area contributed by atoms with Crippen LogP contribution in [0.15, 0.2) is 24.3 Å². The van der Waals surface area contributed by atoms with Crippen molar-refractivity contribution in [3.05, 3.63) is 34.7 Å². The molecule has 4 nitrogen and oxygen atoms in total. The van der Waals surface area contributed by atoms with Gasteiger partial charge in [0.25, 0.3) is 0 Å². The molecule has 0 spiro atoms. The second-order valence-electron chi connectivity index (χ2n) is 7.17. The molecule has 2 aliphatic heterocycles. The standard InChI is InChI=1S/C20H26N2O2S/c1-14-2-3-19(25-14)16-10-17-13-22(12-15-4-6-21-7-5-15)8-9-24-20(17)18(23)11-16/h2-3,10-11,15,21,23H,4-9,12-13H2,1H3. The molecular formula is C20H26N2O2S. The van der Waals surface area contributed by atoms with Crippen LogP contribution in [0.5, 0.6) is 11.5 Å². The summed E-state index contributed by atoms with van der Waals surface area (Å²) in [4.78, 5) is 4.98. The van der Waals surface area contributed by atoms with Crippen LogP contribution in [-0.2, 0) is 6.54 Å². The Morgan fingerprint density at radius 1 is 1.28 bits per heavy atom. The fourth-order valence-electron chi connectivity index (χ4n) is 3.87. The van der Waals surface area contributed by atoms with Crippen LogP contribution in [0.25, 0.3) is 10.4 Å². The molecule has 0 atom stereocenters. The van der Waals surface area contributed by atoms with E-state index in [0.717, 1.165) is 49.8 Å². The van der Waals surface area contributed by atoms with Gasteiger partial charge in [-0.25, -0.2) is 0 Å². The molecule has 1 fully saturated rings. The Hall–Kier alpha value is -1.56. The predicted molar refractivity (Wildman–Crippen MR) is 103 cm³/mol. The summed E-state index contributed by atoms with van der Waals surface area (Å²) in [6.45, 7) is 7.91. The fourth-order valence-corrected chi connectivity index (χ4v) is 4.73. The normalized spacial score (nSPS) is 19.2. The van der Waals surface area contributed by atoms with Crippen molar-refractivity contribution in [3.63, 3.8) is 0 Å². The minimum atomic E-state index is 0.266. The number of ether oxygens (including phenoxy) is 1. The number of benzene rings is 1. The summed E-state index contributed by atoms with van der Waals surface area (Å²) in [5.74, 6) is 1.70. The number of aromatic hydroxyl groups is 1. The van der Waals surface area contributed by atoms with E-state index in [1.807, 2.05) is 6.07 Å². The third kappa shape index (κ3) is 3.84. The number of rotatable bonds is 3. The minimum Gasteiger partial charge on any atom is -0.504 e. The predicted octanol–water partition coefficient (Wildman–Crippen LogP) is 3.62. The van der Waals surface area contributed by atoms with E-state index in [9.17, 15) is 5.11 Å². The summed E-state index contributed by atoms with van der Waals surface area (Å²) in [7, 11) is 0. The molecule has 0 amide bonds. The number of piperidine rings is 1. The highest BCUT2D eigenvalue weighted by Gasteiger charge is 2.23. The zero-order valence-electron chi connectivity index (χ0n) is 14.8. The third-order valence-electron chi connectivity index (χ3n) is 5.19. The highest BCUT2D eigenvalue weighted by atomic mass is 32.1. The summed E-state index contributed by atoms with van der Waals surface area (Å²) < 4.78 is 5.89. The largest absolute Gasteiger partial charge is 0.504 e. The van der Waals surface area contributed by atoms with E-state index in [1.165, 1.54) is 22.6 Å². The topological polar surface area (TPSA) is 44.7 Å². The average molecular weight is 359 g/mol. The number of fused-ring (bicyclic) bond motifs is 1. The molecule has 134 valence electrons. The second kappa shape index (κ2) is 7.36. The van der Waals surface area contributed by atoms with Crippen LogP contribution in [0, 0.1) is 12.8 Å². The van der Waals surface area contributed by atoms with Gasteiger partial charge >= 0.3 is 0 Å². The van der Waals surface area contributed by atoms with Gasteiger partial charge in [0.05, 0.1) is 0 Å². The van der Waals surface area contributed by atoms with Gasteiger partial charge in [-0.05, 0) is 68.6 Å². The maximum Gasteiger partial charge on any atom is 0.165 e. The quantitative estimate of drug-likeness (QED) is 0.880. The van der Waals surface area contributed by atoms with Crippen LogP contribution >= 0.6 is 11.3 Å². The van der Waals surface area contributed by atoms with Gasteiger partial charge in [-0.3, -0.25) is 4.90 Å². The lowest BCUT2D eigenvalue weighted by Gasteiger charge is -2.28. The van der Waals surface area contributed by atoms with E-state index in [-0.39, 0.29) is 5.75 Å². The monoisotopic (exact) mass is 358 g/mol. The Kier molecular flexibility index (Phi) is 4.97. The fraction of sp³-hybridized carbons (Fsp3) is 0.500. The van der Waals surface area contributed by atoms with Crippen LogP contribution in [-0.4, -0.2) is 42.8 Å². The molecule has 0 radical (unpaired) electrons. The van der Waals surface area contributed by atoms with Crippen LogP contribution < -0.4 is 10.1 Å². The molecule has 1 saturated heterocycles. The van der Waals surface area contributed by atoms with E-state index in [0.29, 0.717) is 12.4 Å². The van der Waals surface area contributed by atoms with Crippen molar-refractivity contribution in [3.8, 4) is 21.9 Å². The van der Waals surface area contributed by atoms with E-state index >= 15 is 0 Å². The van der Waals surface area contributed by atoms with Crippen LogP contribution in [0.4, 0.5) is 0 Å². The van der Waals surface area contributed by atoms with Crippen LogP contribution in [0.2, 0.25) is 0 Å². The van der Waals surface area contributed by atoms with Crippen molar-refractivity contribution >= 4 is 11.3 Å². The van der Waals surface area contributed by atoms with Gasteiger partial charge < -0.3 is 15.2 Å². The number of thiophene rings is 1. The van der Waals surface area contributed by atoms with Gasteiger partial charge in [-0.2, -0.15) is 0 Å². The smallest absolute Gasteiger partial charge is 0.165 e. The van der Waals surface area contributed by atoms with Crippen LogP contribution in [0.3, 0.4) is 0 Å². The lowest BCUT2D eigenvalue weighted by Crippen LogP contribution is -2.36. The Morgan fingerprint density at radius 2 is 2.12 bits per heavy atom. The molecule has 2 N–H and O–H groups in total. The number of phenolic OH excluding ortho intramolecular Hbond substituents is 1. The maximum atomic E-state index is 10.5. The van der Waals surface area contributed by atoms with Crippen molar-refractivity contribution in [1.29, 1.82) is 0 Å². The highest BCUT2D eigenvalue weighted by Crippen LogP contribution is 2.39. The lowest BCUT2D eigenvalue weighted by molar-refractivity contribution is 0.180. The molecule has 0 unspecified atom stereocenters. The van der Waals surface area contributed by atoms with Gasteiger partial charge in [0.15, 0.2) is 11.5 Å². The molecule has 2 aromatic rings. The molecule has 0 saturated carbocycles. The molecule has 0 bridgehead atoms. The number of aryl methyl sites for hydroxylation is 1. The summed E-state index contributed by atoms with van der Waals surface area (Å²) in [5.41, 5.74) is 2.19. The summed E-state index contributed by atoms with van der Waals surface area (Å²) in [6.07, 6.45) is 2.51. The maximum absolute atomic E-state index is 10.5. The van der Waals surface area contributed by atoms with Crippen molar-refractivity contribution in [2.24, 2.45) is 5.92 Å². The second-order valence-corrected chi connectivity index (χ2v) is 8.46. The highest BCUT2D eigenvalue weighted by molar-refractivity contribution is 7.15. The van der Waals surface area contributed by atoms with Gasteiger partial charge in [-0.1, -0.05) is 0 Å². The summed E-state index contributed by atoms with van der Waals surface area (Å²) in [6, 6.07) is 8.29. The zero-order chi connectivity index (χ0) is 17.2. The van der Waals surface area contributed by atoms with Crippen molar-refractivity contribution in [2.45, 2.75) is 26.3 Å². The number of hydrogen-bond acceptors (Lipinski definition) is 5. The minimum absolute atomic E-state index is 0.266. The summed E-state index contributed by atoms with van der Waals surface area (Å²) in [5, 5.41) is 13.9. The van der Waals surface area contributed by atoms with E-state index in [2.05, 4.69) is 35.3 Å². The van der Waals surface area contributed by atoms with Crippen molar-refractivity contribution in [1.82, 2.24) is 10.2 Å². The molecule has 25 heavy (non-hydrogen) atoms. The first-order valence-corrected chi connectivity index (χ1v) is 9.99. The third-order valence-corrected chi connectivity index (χ3v) is 6.24. The van der Waals surface area contributed by atoms with E-state index in [4.69, 9.17) is 4.74 Å². The Morgan fingerprint density at radius 3 is 2.88 bits per heavy atom. The first-order chi connectivity index (χ1) is 12.2. The molecule has 1 aromatic carbocycles. The van der Waals surface area contributed by atoms with Gasteiger partial charge in [-0.15, -0.1) is 11.3 Å². The lowest BCUT2D eigenvalue weighted by atomic mass is 9.97. The molecular weight excluding hydrogens is 332 g/mol. The van der Waals surface area contributed by atoms with Crippen molar-refractivity contribution in [2.75, 3.05) is 32.8 Å². The molecule has 1 aromatic heterocycles. The van der Waals surface area contributed by atoms with Crippen molar-refractivity contribution < 1.29 is 9.84 Å². The molecule has 5 heteroatoms. The molecule has 4 rings (SSSR count). The first kappa shape index (κ1) is 16.9. The first-order valence-electron chi connectivity index (χ1n) is 9.17. The van der Waals surface area contributed by atoms with E-state index < -0.39 is 0 Å². The number of hydrogen-bond donors (Lipinski definition) is 2. The van der Waals surface area contributed by atoms with Gasteiger partial charge in [0.1, 0.15) is 6.61 Å². The molecule has 3 heterocycles. The Labute approximate surface area is 153 Å². The van der Waals surface area contributed by atoms with Gasteiger partial charge in [0, 0.05) is 35.0 Å². The van der Waals surface area contributed by atoms with Crippen LogP contribution in [0.1, 0.15) is 23.3 Å².